The van der Waals surface area contributed by atoms with Crippen LogP contribution in [0.3, 0.4) is 0 Å². The van der Waals surface area contributed by atoms with Gasteiger partial charge in [0.2, 0.25) is 0 Å². The Kier molecular flexibility index (Phi) is 5.28. The summed E-state index contributed by atoms with van der Waals surface area (Å²) in [5.41, 5.74) is -1.33. The molecule has 0 saturated heterocycles. The van der Waals surface area contributed by atoms with Crippen molar-refractivity contribution in [1.29, 1.82) is 0 Å². The number of nitro groups is 1. The third kappa shape index (κ3) is 3.43. The Morgan fingerprint density at radius 2 is 2.05 bits per heavy atom. The van der Waals surface area contributed by atoms with Gasteiger partial charge in [-0.25, -0.2) is 4.79 Å². The van der Waals surface area contributed by atoms with Crippen LogP contribution >= 0.6 is 12.6 Å². The van der Waals surface area contributed by atoms with Crippen LogP contribution in [0.4, 0.5) is 5.69 Å². The number of hydrogen-bond acceptors (Lipinski definition) is 6. The van der Waals surface area contributed by atoms with Gasteiger partial charge in [0.25, 0.3) is 5.69 Å². The van der Waals surface area contributed by atoms with Gasteiger partial charge < -0.3 is 15.3 Å². The van der Waals surface area contributed by atoms with Crippen molar-refractivity contribution >= 4 is 24.3 Å². The Hall–Kier alpha value is -1.64. The molecule has 0 aliphatic rings. The van der Waals surface area contributed by atoms with Crippen LogP contribution in [0.15, 0.2) is 18.2 Å². The Morgan fingerprint density at radius 3 is 2.53 bits per heavy atom. The van der Waals surface area contributed by atoms with E-state index < -0.39 is 39.9 Å². The molecule has 0 saturated carbocycles. The van der Waals surface area contributed by atoms with E-state index in [1.807, 2.05) is 0 Å². The Balaban J connectivity index is 3.36. The lowest BCUT2D eigenvalue weighted by Gasteiger charge is -2.18. The molecule has 2 unspecified atom stereocenters. The predicted octanol–water partition coefficient (Wildman–Crippen LogP) is 1.01. The average molecular weight is 287 g/mol. The fourth-order valence-corrected chi connectivity index (χ4v) is 1.96. The number of carboxylic acid groups (broad SMARTS) is 1. The number of aliphatic hydroxyl groups excluding tert-OH is 2. The summed E-state index contributed by atoms with van der Waals surface area (Å²) < 4.78 is 0. The van der Waals surface area contributed by atoms with Crippen LogP contribution in [0.1, 0.15) is 28.4 Å². The number of aliphatic hydroxyl groups is 2. The molecule has 0 spiro atoms. The normalized spacial score (nSPS) is 13.8. The monoisotopic (exact) mass is 287 g/mol. The molecule has 0 aliphatic heterocycles. The number of rotatable bonds is 6. The highest BCUT2D eigenvalue weighted by Gasteiger charge is 2.30. The van der Waals surface area contributed by atoms with E-state index in [4.69, 9.17) is 5.11 Å². The van der Waals surface area contributed by atoms with Gasteiger partial charge in [-0.1, -0.05) is 6.07 Å². The van der Waals surface area contributed by atoms with Crippen molar-refractivity contribution in [1.82, 2.24) is 0 Å². The Labute approximate surface area is 114 Å². The molecular weight excluding hydrogens is 274 g/mol. The molecule has 1 rings (SSSR count). The smallest absolute Gasteiger partial charge is 0.336 e. The lowest BCUT2D eigenvalue weighted by molar-refractivity contribution is -0.386. The lowest BCUT2D eigenvalue weighted by Crippen LogP contribution is -2.22. The molecule has 104 valence electrons. The molecular formula is C11H13NO6S. The minimum absolute atomic E-state index is 0.0788. The fraction of sp³-hybridized carbons (Fsp3) is 0.364. The highest BCUT2D eigenvalue weighted by molar-refractivity contribution is 7.80. The maximum absolute atomic E-state index is 11.1. The minimum Gasteiger partial charge on any atom is -0.478 e. The summed E-state index contributed by atoms with van der Waals surface area (Å²) in [5.74, 6) is -1.16. The predicted molar refractivity (Wildman–Crippen MR) is 69.5 cm³/mol. The van der Waals surface area contributed by atoms with E-state index in [1.54, 1.807) is 0 Å². The quantitative estimate of drug-likeness (QED) is 0.352. The van der Waals surface area contributed by atoms with Gasteiger partial charge in [-0.15, -0.1) is 0 Å². The van der Waals surface area contributed by atoms with Gasteiger partial charge in [0.1, 0.15) is 6.10 Å². The maximum Gasteiger partial charge on any atom is 0.336 e. The zero-order chi connectivity index (χ0) is 14.6. The third-order valence-electron chi connectivity index (χ3n) is 2.60. The van der Waals surface area contributed by atoms with Gasteiger partial charge in [-0.2, -0.15) is 12.6 Å². The first kappa shape index (κ1) is 15.4. The van der Waals surface area contributed by atoms with E-state index in [9.17, 15) is 25.1 Å². The molecule has 19 heavy (non-hydrogen) atoms. The van der Waals surface area contributed by atoms with Crippen LogP contribution in [-0.2, 0) is 0 Å². The van der Waals surface area contributed by atoms with Crippen molar-refractivity contribution in [3.63, 3.8) is 0 Å². The van der Waals surface area contributed by atoms with E-state index in [0.717, 1.165) is 12.1 Å². The first-order chi connectivity index (χ1) is 8.90. The SMILES string of the molecule is O=C(O)c1cccc([N+](=O)[O-])c1C(O)C(O)CCS. The van der Waals surface area contributed by atoms with Crippen LogP contribution < -0.4 is 0 Å². The van der Waals surface area contributed by atoms with Crippen LogP contribution in [0.5, 0.6) is 0 Å². The summed E-state index contributed by atoms with van der Waals surface area (Å²) in [6.45, 7) is 0. The molecule has 0 aliphatic carbocycles. The molecule has 0 aromatic heterocycles. The molecule has 0 amide bonds. The highest BCUT2D eigenvalue weighted by atomic mass is 32.1. The molecule has 2 atom stereocenters. The maximum atomic E-state index is 11.1. The molecule has 7 nitrogen and oxygen atoms in total. The van der Waals surface area contributed by atoms with E-state index in [0.29, 0.717) is 0 Å². The zero-order valence-corrected chi connectivity index (χ0v) is 10.7. The summed E-state index contributed by atoms with van der Waals surface area (Å²) in [6.07, 6.45) is -2.90. The minimum atomic E-state index is -1.65. The van der Waals surface area contributed by atoms with Crippen LogP contribution in [0, 0.1) is 10.1 Å². The average Bonchev–Trinajstić information content (AvgIpc) is 2.36. The summed E-state index contributed by atoms with van der Waals surface area (Å²) >= 11 is 3.88. The molecule has 1 aromatic carbocycles. The first-order valence-electron chi connectivity index (χ1n) is 5.37. The number of benzene rings is 1. The summed E-state index contributed by atoms with van der Waals surface area (Å²) in [4.78, 5) is 21.1. The molecule has 1 aromatic rings. The lowest BCUT2D eigenvalue weighted by atomic mass is 9.95. The topological polar surface area (TPSA) is 121 Å². The second-order valence-electron chi connectivity index (χ2n) is 3.83. The summed E-state index contributed by atoms with van der Waals surface area (Å²) in [6, 6.07) is 3.43. The molecule has 3 N–H and O–H groups in total. The number of nitrogens with zero attached hydrogens (tertiary/aromatic N) is 1. The first-order valence-corrected chi connectivity index (χ1v) is 6.01. The van der Waals surface area contributed by atoms with E-state index in [2.05, 4.69) is 12.6 Å². The molecule has 0 heterocycles. The van der Waals surface area contributed by atoms with Gasteiger partial charge in [-0.05, 0) is 18.2 Å². The molecule has 0 bridgehead atoms. The Bertz CT molecular complexity index is 460. The number of aromatic carboxylic acids is 1. The van der Waals surface area contributed by atoms with E-state index in [-0.39, 0.29) is 12.2 Å². The van der Waals surface area contributed by atoms with Gasteiger partial charge in [-0.3, -0.25) is 10.1 Å². The van der Waals surface area contributed by atoms with Crippen LogP contribution in [-0.4, -0.2) is 38.1 Å². The van der Waals surface area contributed by atoms with E-state index in [1.165, 1.54) is 6.07 Å². The highest BCUT2D eigenvalue weighted by Crippen LogP contribution is 2.31. The third-order valence-corrected chi connectivity index (χ3v) is 2.85. The summed E-state index contributed by atoms with van der Waals surface area (Å²) in [7, 11) is 0. The van der Waals surface area contributed by atoms with E-state index >= 15 is 0 Å². The number of hydrogen-bond donors (Lipinski definition) is 4. The number of thiol groups is 1. The van der Waals surface area contributed by atoms with Crippen LogP contribution in [0.2, 0.25) is 0 Å². The van der Waals surface area contributed by atoms with Gasteiger partial charge in [0.05, 0.1) is 22.2 Å². The molecule has 0 radical (unpaired) electrons. The second-order valence-corrected chi connectivity index (χ2v) is 4.27. The van der Waals surface area contributed by atoms with Crippen molar-refractivity contribution in [2.24, 2.45) is 0 Å². The fourth-order valence-electron chi connectivity index (χ4n) is 1.69. The van der Waals surface area contributed by atoms with Crippen molar-refractivity contribution in [2.75, 3.05) is 5.75 Å². The van der Waals surface area contributed by atoms with Crippen molar-refractivity contribution in [3.8, 4) is 0 Å². The number of carboxylic acids is 1. The second kappa shape index (κ2) is 6.50. The van der Waals surface area contributed by atoms with Gasteiger partial charge in [0.15, 0.2) is 0 Å². The Morgan fingerprint density at radius 1 is 1.42 bits per heavy atom. The standard InChI is InChI=1S/C11H13NO6S/c13-8(4-5-19)10(14)9-6(11(15)16)2-1-3-7(9)12(17)18/h1-3,8,10,13-14,19H,4-5H2,(H,15,16). The van der Waals surface area contributed by atoms with Crippen LogP contribution in [0.25, 0.3) is 0 Å². The zero-order valence-electron chi connectivity index (χ0n) is 9.76. The van der Waals surface area contributed by atoms with Crippen molar-refractivity contribution in [3.05, 3.63) is 39.4 Å². The molecule has 0 fully saturated rings. The molecule has 8 heteroatoms. The van der Waals surface area contributed by atoms with Crippen molar-refractivity contribution < 1.29 is 25.0 Å². The van der Waals surface area contributed by atoms with Gasteiger partial charge >= 0.3 is 5.97 Å². The number of carbonyl (C=O) groups is 1. The summed E-state index contributed by atoms with van der Waals surface area (Å²) in [5, 5.41) is 39.5. The van der Waals surface area contributed by atoms with Crippen molar-refractivity contribution in [2.45, 2.75) is 18.6 Å². The number of nitro benzene ring substituents is 1. The van der Waals surface area contributed by atoms with Gasteiger partial charge in [0, 0.05) is 6.07 Å². The largest absolute Gasteiger partial charge is 0.478 e.